The molecule has 0 unspecified atom stereocenters. The second kappa shape index (κ2) is 8.27. The molecule has 142 valence electrons. The van der Waals surface area contributed by atoms with Gasteiger partial charge in [0.2, 0.25) is 0 Å². The highest BCUT2D eigenvalue weighted by Gasteiger charge is 2.17. The molecule has 5 heteroatoms. The first-order chi connectivity index (χ1) is 13.0. The summed E-state index contributed by atoms with van der Waals surface area (Å²) in [5, 5.41) is 9.73. The van der Waals surface area contributed by atoms with Gasteiger partial charge in [0.1, 0.15) is 0 Å². The van der Waals surface area contributed by atoms with Crippen molar-refractivity contribution in [1.29, 1.82) is 0 Å². The second-order valence-corrected chi connectivity index (χ2v) is 6.68. The molecule has 0 amide bonds. The highest BCUT2D eigenvalue weighted by atomic mass is 16.5. The number of allylic oxidation sites excluding steroid dienone is 2. The van der Waals surface area contributed by atoms with Crippen LogP contribution in [-0.2, 0) is 11.2 Å². The quantitative estimate of drug-likeness (QED) is 0.613. The summed E-state index contributed by atoms with van der Waals surface area (Å²) in [6.07, 6.45) is 7.50. The van der Waals surface area contributed by atoms with Crippen LogP contribution in [0.1, 0.15) is 41.6 Å². The van der Waals surface area contributed by atoms with E-state index in [1.165, 1.54) is 11.1 Å². The van der Waals surface area contributed by atoms with Crippen molar-refractivity contribution in [2.75, 3.05) is 13.2 Å². The Morgan fingerprint density at radius 2 is 2.19 bits per heavy atom. The van der Waals surface area contributed by atoms with Crippen LogP contribution < -0.4 is 0 Å². The lowest BCUT2D eigenvalue weighted by Gasteiger charge is -2.07. The van der Waals surface area contributed by atoms with Crippen molar-refractivity contribution in [2.24, 2.45) is 4.99 Å². The smallest absolute Gasteiger partial charge is 0.0891 e. The van der Waals surface area contributed by atoms with Gasteiger partial charge in [-0.3, -0.25) is 0 Å². The summed E-state index contributed by atoms with van der Waals surface area (Å²) in [6.45, 7) is 10.7. The number of H-pyrrole nitrogens is 2. The molecule has 0 spiro atoms. The number of aromatic nitrogens is 2. The lowest BCUT2D eigenvalue weighted by molar-refractivity contribution is 0.220. The van der Waals surface area contributed by atoms with E-state index in [2.05, 4.69) is 30.4 Å². The van der Waals surface area contributed by atoms with Crippen molar-refractivity contribution >= 4 is 11.8 Å². The Kier molecular flexibility index (Phi) is 5.81. The zero-order chi connectivity index (χ0) is 19.4. The summed E-state index contributed by atoms with van der Waals surface area (Å²) in [5.74, 6) is 0.818. The van der Waals surface area contributed by atoms with Crippen molar-refractivity contribution in [3.63, 3.8) is 0 Å². The molecule has 0 fully saturated rings. The number of rotatable bonds is 8. The van der Waals surface area contributed by atoms with Crippen LogP contribution >= 0.6 is 0 Å². The van der Waals surface area contributed by atoms with Gasteiger partial charge in [0.25, 0.3) is 0 Å². The lowest BCUT2D eigenvalue weighted by Crippen LogP contribution is -1.95. The number of aromatic amines is 2. The third-order valence-electron chi connectivity index (χ3n) is 4.84. The predicted octanol–water partition coefficient (Wildman–Crippen LogP) is 4.20. The van der Waals surface area contributed by atoms with Gasteiger partial charge in [0, 0.05) is 29.6 Å². The number of nitrogens with zero attached hydrogens (tertiary/aromatic N) is 1. The average Bonchev–Trinajstić information content (AvgIpc) is 3.35. The average molecular weight is 365 g/mol. The van der Waals surface area contributed by atoms with Crippen molar-refractivity contribution in [3.8, 4) is 0 Å². The van der Waals surface area contributed by atoms with E-state index < -0.39 is 0 Å². The standard InChI is InChI=1S/C22H27N3O2/c1-5-27-14(2)8-9-18-15(3)20(24-16(18)4)12-21-17(13-26)11-22(25-21)19-7-6-10-23-19/h6-7,10-12,23-24,26H,2,5,8-9,13H2,1,3-4H3. The summed E-state index contributed by atoms with van der Waals surface area (Å²) < 4.78 is 5.46. The van der Waals surface area contributed by atoms with E-state index in [1.54, 1.807) is 0 Å². The van der Waals surface area contributed by atoms with E-state index in [0.717, 1.165) is 52.7 Å². The highest BCUT2D eigenvalue weighted by molar-refractivity contribution is 6.11. The molecule has 2 aromatic rings. The van der Waals surface area contributed by atoms with Crippen molar-refractivity contribution in [2.45, 2.75) is 33.6 Å². The molecular weight excluding hydrogens is 338 g/mol. The SMILES string of the molecule is C=C(CCc1c(C)[nH]c(C=C2N=C(c3ccc[nH]3)C=C2CO)c1C)OCC. The monoisotopic (exact) mass is 365 g/mol. The van der Waals surface area contributed by atoms with Gasteiger partial charge in [-0.25, -0.2) is 4.99 Å². The molecule has 2 aromatic heterocycles. The summed E-state index contributed by atoms with van der Waals surface area (Å²) in [4.78, 5) is 11.3. The Balaban J connectivity index is 1.85. The van der Waals surface area contributed by atoms with Gasteiger partial charge in [-0.1, -0.05) is 6.58 Å². The second-order valence-electron chi connectivity index (χ2n) is 6.68. The normalized spacial score (nSPS) is 15.2. The first kappa shape index (κ1) is 19.0. The number of hydrogen-bond acceptors (Lipinski definition) is 3. The number of ether oxygens (including phenoxy) is 1. The maximum atomic E-state index is 9.73. The van der Waals surface area contributed by atoms with E-state index in [4.69, 9.17) is 9.73 Å². The number of hydrogen-bond donors (Lipinski definition) is 3. The summed E-state index contributed by atoms with van der Waals surface area (Å²) in [7, 11) is 0. The topological polar surface area (TPSA) is 73.4 Å². The van der Waals surface area contributed by atoms with Crippen LogP contribution in [0.4, 0.5) is 0 Å². The number of aliphatic imine (C=N–C) groups is 1. The van der Waals surface area contributed by atoms with E-state index in [-0.39, 0.29) is 6.61 Å². The van der Waals surface area contributed by atoms with Gasteiger partial charge < -0.3 is 19.8 Å². The third-order valence-corrected chi connectivity index (χ3v) is 4.84. The molecule has 0 aliphatic carbocycles. The summed E-state index contributed by atoms with van der Waals surface area (Å²) in [6, 6.07) is 3.91. The molecule has 3 rings (SSSR count). The maximum Gasteiger partial charge on any atom is 0.0891 e. The van der Waals surface area contributed by atoms with E-state index >= 15 is 0 Å². The van der Waals surface area contributed by atoms with Crippen molar-refractivity contribution < 1.29 is 9.84 Å². The molecule has 3 heterocycles. The Labute approximate surface area is 160 Å². The molecule has 3 N–H and O–H groups in total. The van der Waals surface area contributed by atoms with Crippen LogP contribution in [0, 0.1) is 13.8 Å². The molecular formula is C22H27N3O2. The highest BCUT2D eigenvalue weighted by Crippen LogP contribution is 2.27. The zero-order valence-corrected chi connectivity index (χ0v) is 16.2. The maximum absolute atomic E-state index is 9.73. The van der Waals surface area contributed by atoms with Gasteiger partial charge in [-0.15, -0.1) is 0 Å². The third kappa shape index (κ3) is 4.14. The van der Waals surface area contributed by atoms with Crippen LogP contribution in [0.5, 0.6) is 0 Å². The minimum atomic E-state index is -0.0423. The number of aliphatic hydroxyl groups excluding tert-OH is 1. The molecule has 0 atom stereocenters. The molecule has 5 nitrogen and oxygen atoms in total. The van der Waals surface area contributed by atoms with Crippen LogP contribution in [0.2, 0.25) is 0 Å². The summed E-state index contributed by atoms with van der Waals surface area (Å²) >= 11 is 0. The largest absolute Gasteiger partial charge is 0.499 e. The lowest BCUT2D eigenvalue weighted by atomic mass is 10.0. The Morgan fingerprint density at radius 3 is 2.85 bits per heavy atom. The Morgan fingerprint density at radius 1 is 1.37 bits per heavy atom. The fourth-order valence-corrected chi connectivity index (χ4v) is 3.36. The van der Waals surface area contributed by atoms with Crippen LogP contribution in [-0.4, -0.2) is 34.0 Å². The van der Waals surface area contributed by atoms with E-state index in [9.17, 15) is 5.11 Å². The number of nitrogens with one attached hydrogen (secondary N) is 2. The van der Waals surface area contributed by atoms with Crippen molar-refractivity contribution in [1.82, 2.24) is 9.97 Å². The van der Waals surface area contributed by atoms with Crippen molar-refractivity contribution in [3.05, 3.63) is 76.2 Å². The number of aryl methyl sites for hydroxylation is 1. The molecule has 1 aliphatic rings. The van der Waals surface area contributed by atoms with Gasteiger partial charge in [0.15, 0.2) is 0 Å². The summed E-state index contributed by atoms with van der Waals surface area (Å²) in [5.41, 5.74) is 8.03. The van der Waals surface area contributed by atoms with E-state index in [0.29, 0.717) is 6.61 Å². The molecule has 0 saturated heterocycles. The van der Waals surface area contributed by atoms with Crippen LogP contribution in [0.25, 0.3) is 6.08 Å². The molecule has 1 aliphatic heterocycles. The minimum absolute atomic E-state index is 0.0423. The molecule has 0 bridgehead atoms. The molecule has 27 heavy (non-hydrogen) atoms. The van der Waals surface area contributed by atoms with Crippen LogP contribution in [0.3, 0.4) is 0 Å². The fraction of sp³-hybridized carbons (Fsp3) is 0.318. The molecule has 0 saturated carbocycles. The first-order valence-corrected chi connectivity index (χ1v) is 9.28. The van der Waals surface area contributed by atoms with Crippen LogP contribution in [0.15, 0.2) is 53.0 Å². The Hall–Kier alpha value is -2.79. The minimum Gasteiger partial charge on any atom is -0.499 e. The van der Waals surface area contributed by atoms with E-state index in [1.807, 2.05) is 37.4 Å². The zero-order valence-electron chi connectivity index (χ0n) is 16.2. The van der Waals surface area contributed by atoms with Gasteiger partial charge in [0.05, 0.1) is 36.1 Å². The number of aliphatic hydroxyl groups is 1. The molecule has 0 aromatic carbocycles. The fourth-order valence-electron chi connectivity index (χ4n) is 3.36. The Bertz CT molecular complexity index is 912. The van der Waals surface area contributed by atoms with Gasteiger partial charge in [-0.05, 0) is 62.6 Å². The molecule has 0 radical (unpaired) electrons. The van der Waals surface area contributed by atoms with Gasteiger partial charge in [-0.2, -0.15) is 0 Å². The van der Waals surface area contributed by atoms with Gasteiger partial charge >= 0.3 is 0 Å². The first-order valence-electron chi connectivity index (χ1n) is 9.28. The predicted molar refractivity (Wildman–Crippen MR) is 110 cm³/mol.